The van der Waals surface area contributed by atoms with Gasteiger partial charge in [0.2, 0.25) is 0 Å². The molecule has 0 heterocycles. The molecule has 0 radical (unpaired) electrons. The van der Waals surface area contributed by atoms with Gasteiger partial charge in [-0.25, -0.2) is 0 Å². The molecule has 3 rings (SSSR count). The maximum atomic E-state index is 13.1. The summed E-state index contributed by atoms with van der Waals surface area (Å²) < 4.78 is 34.6. The van der Waals surface area contributed by atoms with Crippen LogP contribution in [0.15, 0.2) is 72.8 Å². The number of ether oxygens (including phenoxy) is 2. The third-order valence-corrected chi connectivity index (χ3v) is 6.81. The van der Waals surface area contributed by atoms with Gasteiger partial charge in [-0.05, 0) is 86.6 Å². The van der Waals surface area contributed by atoms with E-state index < -0.39 is 7.60 Å². The van der Waals surface area contributed by atoms with Crippen LogP contribution >= 0.6 is 7.60 Å². The van der Waals surface area contributed by atoms with Crippen molar-refractivity contribution in [3.8, 4) is 11.5 Å². The predicted octanol–water partition coefficient (Wildman–Crippen LogP) is 6.07. The lowest BCUT2D eigenvalue weighted by Gasteiger charge is -2.26. The quantitative estimate of drug-likeness (QED) is 0.356. The first-order chi connectivity index (χ1) is 15.0. The first-order valence-electron chi connectivity index (χ1n) is 10.1. The molecule has 164 valence electrons. The molecule has 0 aliphatic carbocycles. The summed E-state index contributed by atoms with van der Waals surface area (Å²) in [7, 11) is -0.0529. The molecule has 0 spiro atoms. The van der Waals surface area contributed by atoms with Gasteiger partial charge >= 0.3 is 7.60 Å². The first kappa shape index (κ1) is 22.9. The fraction of sp³-hybridized carbons (Fsp3) is 0.250. The molecule has 0 aliphatic heterocycles. The van der Waals surface area contributed by atoms with Crippen LogP contribution < -0.4 is 19.7 Å². The van der Waals surface area contributed by atoms with Gasteiger partial charge in [0.1, 0.15) is 11.5 Å². The first-order valence-corrected chi connectivity index (χ1v) is 11.7. The minimum Gasteiger partial charge on any atom is -0.497 e. The molecule has 0 saturated heterocycles. The van der Waals surface area contributed by atoms with E-state index in [-0.39, 0.29) is 0 Å². The fourth-order valence-electron chi connectivity index (χ4n) is 3.22. The van der Waals surface area contributed by atoms with Crippen LogP contribution in [0.1, 0.15) is 13.8 Å². The monoisotopic (exact) mass is 441 g/mol. The van der Waals surface area contributed by atoms with Crippen LogP contribution in [-0.2, 0) is 13.6 Å². The molecule has 0 bridgehead atoms. The Morgan fingerprint density at radius 2 is 1.00 bits per heavy atom. The topological polar surface area (TPSA) is 57.2 Å². The molecule has 0 unspecified atom stereocenters. The van der Waals surface area contributed by atoms with Gasteiger partial charge in [-0.15, -0.1) is 0 Å². The number of hydrogen-bond donors (Lipinski definition) is 0. The van der Waals surface area contributed by atoms with E-state index in [0.29, 0.717) is 18.5 Å². The summed E-state index contributed by atoms with van der Waals surface area (Å²) >= 11 is 0. The van der Waals surface area contributed by atoms with Gasteiger partial charge in [-0.1, -0.05) is 0 Å². The van der Waals surface area contributed by atoms with E-state index in [1.165, 1.54) is 0 Å². The Kier molecular flexibility index (Phi) is 7.75. The van der Waals surface area contributed by atoms with Gasteiger partial charge in [-0.3, -0.25) is 4.57 Å². The Labute approximate surface area is 183 Å². The molecule has 6 nitrogen and oxygen atoms in total. The zero-order valence-electron chi connectivity index (χ0n) is 18.3. The molecule has 0 N–H and O–H groups in total. The van der Waals surface area contributed by atoms with Crippen LogP contribution in [0.2, 0.25) is 0 Å². The molecule has 0 aromatic heterocycles. The van der Waals surface area contributed by atoms with Crippen molar-refractivity contribution in [2.75, 3.05) is 32.3 Å². The second-order valence-corrected chi connectivity index (χ2v) is 8.61. The Bertz CT molecular complexity index is 946. The fourth-order valence-corrected chi connectivity index (χ4v) is 4.79. The Hall–Kier alpha value is -2.79. The zero-order chi connectivity index (χ0) is 22.3. The lowest BCUT2D eigenvalue weighted by Crippen LogP contribution is -2.13. The summed E-state index contributed by atoms with van der Waals surface area (Å²) in [5.41, 5.74) is 2.81. The summed E-state index contributed by atoms with van der Waals surface area (Å²) in [4.78, 5) is 2.09. The van der Waals surface area contributed by atoms with E-state index in [1.54, 1.807) is 40.2 Å². The van der Waals surface area contributed by atoms with Gasteiger partial charge in [-0.2, -0.15) is 0 Å². The van der Waals surface area contributed by atoms with Crippen molar-refractivity contribution >= 4 is 30.0 Å². The second kappa shape index (κ2) is 10.5. The summed E-state index contributed by atoms with van der Waals surface area (Å²) in [6, 6.07) is 23.0. The highest BCUT2D eigenvalue weighted by Crippen LogP contribution is 2.47. The van der Waals surface area contributed by atoms with Crippen LogP contribution in [0.3, 0.4) is 0 Å². The van der Waals surface area contributed by atoms with Crippen molar-refractivity contribution in [3.05, 3.63) is 72.8 Å². The molecule has 0 fully saturated rings. The van der Waals surface area contributed by atoms with Crippen LogP contribution in [0.25, 0.3) is 0 Å². The molecule has 0 aliphatic rings. The predicted molar refractivity (Wildman–Crippen MR) is 125 cm³/mol. The number of hydrogen-bond acceptors (Lipinski definition) is 6. The third kappa shape index (κ3) is 5.28. The Morgan fingerprint density at radius 3 is 1.32 bits per heavy atom. The molecule has 0 atom stereocenters. The zero-order valence-corrected chi connectivity index (χ0v) is 19.2. The van der Waals surface area contributed by atoms with Crippen LogP contribution in [0, 0.1) is 0 Å². The minimum atomic E-state index is -3.34. The van der Waals surface area contributed by atoms with Gasteiger partial charge < -0.3 is 23.4 Å². The van der Waals surface area contributed by atoms with Gasteiger partial charge in [0.05, 0.1) is 32.7 Å². The molecule has 7 heteroatoms. The van der Waals surface area contributed by atoms with E-state index in [9.17, 15) is 4.57 Å². The molecular formula is C24H28NO5P. The van der Waals surface area contributed by atoms with E-state index in [4.69, 9.17) is 18.5 Å². The summed E-state index contributed by atoms with van der Waals surface area (Å²) in [5.74, 6) is 1.56. The highest BCUT2D eigenvalue weighted by molar-refractivity contribution is 7.62. The highest BCUT2D eigenvalue weighted by Gasteiger charge is 2.26. The largest absolute Gasteiger partial charge is 0.497 e. The smallest absolute Gasteiger partial charge is 0.361 e. The van der Waals surface area contributed by atoms with Crippen molar-refractivity contribution in [1.29, 1.82) is 0 Å². The van der Waals surface area contributed by atoms with Gasteiger partial charge in [0.25, 0.3) is 0 Å². The molecule has 3 aromatic carbocycles. The molecule has 0 amide bonds. The molecule has 0 saturated carbocycles. The average Bonchev–Trinajstić information content (AvgIpc) is 2.81. The van der Waals surface area contributed by atoms with Crippen LogP contribution in [0.5, 0.6) is 11.5 Å². The Morgan fingerprint density at radius 1 is 0.645 bits per heavy atom. The number of benzene rings is 3. The van der Waals surface area contributed by atoms with Crippen LogP contribution in [0.4, 0.5) is 17.1 Å². The summed E-state index contributed by atoms with van der Waals surface area (Å²) in [6.45, 7) is 4.22. The van der Waals surface area contributed by atoms with E-state index in [2.05, 4.69) is 4.90 Å². The van der Waals surface area contributed by atoms with E-state index in [1.807, 2.05) is 60.7 Å². The Balaban J connectivity index is 2.03. The van der Waals surface area contributed by atoms with Crippen molar-refractivity contribution in [2.45, 2.75) is 13.8 Å². The van der Waals surface area contributed by atoms with E-state index >= 15 is 0 Å². The minimum absolute atomic E-state index is 0.308. The lowest BCUT2D eigenvalue weighted by atomic mass is 10.2. The van der Waals surface area contributed by atoms with Crippen molar-refractivity contribution in [1.82, 2.24) is 0 Å². The number of rotatable bonds is 10. The number of anilines is 3. The normalized spacial score (nSPS) is 11.2. The van der Waals surface area contributed by atoms with Crippen molar-refractivity contribution in [2.24, 2.45) is 0 Å². The number of nitrogens with zero attached hydrogens (tertiary/aromatic N) is 1. The van der Waals surface area contributed by atoms with E-state index in [0.717, 1.165) is 28.6 Å². The standard InChI is InChI=1S/C24H28NO5P/c1-5-29-31(26,30-6-2)24-17-11-21(12-18-24)25(19-7-13-22(27-3)14-8-19)20-9-15-23(28-4)16-10-20/h7-18H,5-6H2,1-4H3. The molecule has 3 aromatic rings. The number of methoxy groups -OCH3 is 2. The maximum absolute atomic E-state index is 13.1. The van der Waals surface area contributed by atoms with Crippen LogP contribution in [-0.4, -0.2) is 27.4 Å². The van der Waals surface area contributed by atoms with Crippen molar-refractivity contribution < 1.29 is 23.1 Å². The van der Waals surface area contributed by atoms with Crippen molar-refractivity contribution in [3.63, 3.8) is 0 Å². The van der Waals surface area contributed by atoms with Gasteiger partial charge in [0.15, 0.2) is 0 Å². The summed E-state index contributed by atoms with van der Waals surface area (Å²) in [5, 5.41) is 0.532. The average molecular weight is 441 g/mol. The maximum Gasteiger partial charge on any atom is 0.361 e. The molecule has 31 heavy (non-hydrogen) atoms. The van der Waals surface area contributed by atoms with Gasteiger partial charge in [0, 0.05) is 17.1 Å². The second-order valence-electron chi connectivity index (χ2n) is 6.58. The lowest BCUT2D eigenvalue weighted by molar-refractivity contribution is 0.230. The summed E-state index contributed by atoms with van der Waals surface area (Å²) in [6.07, 6.45) is 0. The third-order valence-electron chi connectivity index (χ3n) is 4.68. The molecular weight excluding hydrogens is 413 g/mol. The SMILES string of the molecule is CCOP(=O)(OCC)c1ccc(N(c2ccc(OC)cc2)c2ccc(OC)cc2)cc1. The highest BCUT2D eigenvalue weighted by atomic mass is 31.2.